The maximum atomic E-state index is 12.3. The van der Waals surface area contributed by atoms with Crippen LogP contribution in [0.4, 0.5) is 0 Å². The third kappa shape index (κ3) is 3.88. The molecule has 1 heterocycles. The van der Waals surface area contributed by atoms with Crippen molar-refractivity contribution in [3.8, 4) is 5.75 Å². The highest BCUT2D eigenvalue weighted by Gasteiger charge is 2.29. The number of hydrogen-bond donors (Lipinski definition) is 1. The number of carbonyl (C=O) groups is 2. The van der Waals surface area contributed by atoms with Crippen LogP contribution >= 0.6 is 11.6 Å². The van der Waals surface area contributed by atoms with E-state index in [4.69, 9.17) is 22.1 Å². The van der Waals surface area contributed by atoms with E-state index in [0.717, 1.165) is 0 Å². The van der Waals surface area contributed by atoms with Gasteiger partial charge in [-0.15, -0.1) is 0 Å². The van der Waals surface area contributed by atoms with Crippen LogP contribution in [-0.2, 0) is 9.59 Å². The minimum atomic E-state index is -0.616. The average Bonchev–Trinajstić information content (AvgIpc) is 2.49. The number of para-hydroxylation sites is 1. The van der Waals surface area contributed by atoms with Gasteiger partial charge < -0.3 is 15.4 Å². The van der Waals surface area contributed by atoms with Crippen LogP contribution in [0.2, 0.25) is 5.02 Å². The Labute approximate surface area is 129 Å². The van der Waals surface area contributed by atoms with Crippen molar-refractivity contribution >= 4 is 23.4 Å². The van der Waals surface area contributed by atoms with Crippen LogP contribution in [0.1, 0.15) is 19.8 Å². The number of benzene rings is 1. The smallest absolute Gasteiger partial charge is 0.263 e. The number of nitrogens with zero attached hydrogens (tertiary/aromatic N) is 1. The average molecular weight is 311 g/mol. The monoisotopic (exact) mass is 310 g/mol. The van der Waals surface area contributed by atoms with Crippen LogP contribution in [0.5, 0.6) is 5.75 Å². The lowest BCUT2D eigenvalue weighted by molar-refractivity contribution is -0.140. The highest BCUT2D eigenvalue weighted by Crippen LogP contribution is 2.25. The van der Waals surface area contributed by atoms with E-state index in [0.29, 0.717) is 36.7 Å². The quantitative estimate of drug-likeness (QED) is 0.922. The molecule has 114 valence electrons. The molecule has 2 amide bonds. The summed E-state index contributed by atoms with van der Waals surface area (Å²) in [7, 11) is 0. The molecule has 0 unspecified atom stereocenters. The molecule has 1 atom stereocenters. The van der Waals surface area contributed by atoms with Crippen molar-refractivity contribution in [3.05, 3.63) is 29.3 Å². The zero-order chi connectivity index (χ0) is 15.4. The Bertz CT molecular complexity index is 527. The van der Waals surface area contributed by atoms with Crippen molar-refractivity contribution in [2.75, 3.05) is 13.1 Å². The summed E-state index contributed by atoms with van der Waals surface area (Å²) in [5.41, 5.74) is 5.29. The number of hydrogen-bond acceptors (Lipinski definition) is 3. The first-order chi connectivity index (χ1) is 9.99. The van der Waals surface area contributed by atoms with Crippen LogP contribution in [0.15, 0.2) is 24.3 Å². The van der Waals surface area contributed by atoms with Crippen LogP contribution in [0.25, 0.3) is 0 Å². The largest absolute Gasteiger partial charge is 0.479 e. The second-order valence-electron chi connectivity index (χ2n) is 5.19. The van der Waals surface area contributed by atoms with E-state index in [1.54, 1.807) is 36.1 Å². The number of rotatable bonds is 4. The summed E-state index contributed by atoms with van der Waals surface area (Å²) >= 11 is 6.01. The molecule has 1 saturated heterocycles. The molecule has 0 aromatic heterocycles. The lowest BCUT2D eigenvalue weighted by Crippen LogP contribution is -2.46. The molecule has 1 aliphatic rings. The molecule has 1 aliphatic heterocycles. The van der Waals surface area contributed by atoms with Crippen molar-refractivity contribution in [2.24, 2.45) is 11.7 Å². The summed E-state index contributed by atoms with van der Waals surface area (Å²) in [6.07, 6.45) is 0.606. The second kappa shape index (κ2) is 6.80. The molecule has 1 aromatic rings. The second-order valence-corrected chi connectivity index (χ2v) is 5.60. The molecule has 1 fully saturated rings. The van der Waals surface area contributed by atoms with Gasteiger partial charge in [0, 0.05) is 19.0 Å². The molecule has 0 saturated carbocycles. The van der Waals surface area contributed by atoms with Gasteiger partial charge in [0.05, 0.1) is 5.02 Å². The van der Waals surface area contributed by atoms with Gasteiger partial charge in [0.1, 0.15) is 5.75 Å². The summed E-state index contributed by atoms with van der Waals surface area (Å²) in [5.74, 6) is -0.0267. The van der Waals surface area contributed by atoms with Gasteiger partial charge in [-0.05, 0) is 31.9 Å². The van der Waals surface area contributed by atoms with Crippen molar-refractivity contribution in [1.29, 1.82) is 0 Å². The fourth-order valence-electron chi connectivity index (χ4n) is 2.42. The predicted molar refractivity (Wildman–Crippen MR) is 80.0 cm³/mol. The zero-order valence-electron chi connectivity index (χ0n) is 11.9. The van der Waals surface area contributed by atoms with E-state index < -0.39 is 6.10 Å². The minimum Gasteiger partial charge on any atom is -0.479 e. The Morgan fingerprint density at radius 2 is 1.95 bits per heavy atom. The fraction of sp³-hybridized carbons (Fsp3) is 0.467. The van der Waals surface area contributed by atoms with E-state index in [1.165, 1.54) is 0 Å². The van der Waals surface area contributed by atoms with Gasteiger partial charge in [0.25, 0.3) is 5.91 Å². The summed E-state index contributed by atoms with van der Waals surface area (Å²) in [6, 6.07) is 7.05. The maximum absolute atomic E-state index is 12.3. The number of likely N-dealkylation sites (tertiary alicyclic amines) is 1. The Balaban J connectivity index is 1.92. The SMILES string of the molecule is C[C@H](Oc1ccccc1Cl)C(=O)N1CCC(C(N)=O)CC1. The molecule has 2 N–H and O–H groups in total. The van der Waals surface area contributed by atoms with Gasteiger partial charge in [0.2, 0.25) is 5.91 Å². The predicted octanol–water partition coefficient (Wildman–Crippen LogP) is 1.83. The van der Waals surface area contributed by atoms with Crippen LogP contribution < -0.4 is 10.5 Å². The van der Waals surface area contributed by atoms with Crippen molar-refractivity contribution in [3.63, 3.8) is 0 Å². The Hall–Kier alpha value is -1.75. The first kappa shape index (κ1) is 15.6. The highest BCUT2D eigenvalue weighted by molar-refractivity contribution is 6.32. The van der Waals surface area contributed by atoms with Gasteiger partial charge in [-0.25, -0.2) is 0 Å². The number of nitrogens with two attached hydrogens (primary N) is 1. The van der Waals surface area contributed by atoms with E-state index >= 15 is 0 Å². The Kier molecular flexibility index (Phi) is 5.07. The molecular weight excluding hydrogens is 292 g/mol. The number of ether oxygens (including phenoxy) is 1. The normalized spacial score (nSPS) is 17.3. The molecule has 0 spiro atoms. The lowest BCUT2D eigenvalue weighted by Gasteiger charge is -2.32. The minimum absolute atomic E-state index is 0.0992. The van der Waals surface area contributed by atoms with Crippen molar-refractivity contribution in [2.45, 2.75) is 25.9 Å². The number of piperidine rings is 1. The number of carbonyl (C=O) groups excluding carboxylic acids is 2. The first-order valence-electron chi connectivity index (χ1n) is 6.98. The summed E-state index contributed by atoms with van der Waals surface area (Å²) in [5, 5.41) is 0.476. The van der Waals surface area contributed by atoms with Gasteiger partial charge in [-0.1, -0.05) is 23.7 Å². The van der Waals surface area contributed by atoms with E-state index in [9.17, 15) is 9.59 Å². The number of primary amides is 1. The third-order valence-electron chi connectivity index (χ3n) is 3.70. The molecule has 21 heavy (non-hydrogen) atoms. The Morgan fingerprint density at radius 3 is 2.52 bits per heavy atom. The molecule has 0 bridgehead atoms. The summed E-state index contributed by atoms with van der Waals surface area (Å²) < 4.78 is 5.62. The number of halogens is 1. The molecule has 0 aliphatic carbocycles. The van der Waals surface area contributed by atoms with Gasteiger partial charge in [0.15, 0.2) is 6.10 Å². The highest BCUT2D eigenvalue weighted by atomic mass is 35.5. The van der Waals surface area contributed by atoms with Gasteiger partial charge in [-0.3, -0.25) is 9.59 Å². The van der Waals surface area contributed by atoms with Gasteiger partial charge >= 0.3 is 0 Å². The lowest BCUT2D eigenvalue weighted by atomic mass is 9.96. The zero-order valence-corrected chi connectivity index (χ0v) is 12.7. The Morgan fingerprint density at radius 1 is 1.33 bits per heavy atom. The first-order valence-corrected chi connectivity index (χ1v) is 7.36. The molecule has 2 rings (SSSR count). The van der Waals surface area contributed by atoms with Crippen molar-refractivity contribution < 1.29 is 14.3 Å². The standard InChI is InChI=1S/C15H19ClN2O3/c1-10(21-13-5-3-2-4-12(13)16)15(20)18-8-6-11(7-9-18)14(17)19/h2-5,10-11H,6-9H2,1H3,(H2,17,19)/t10-/m0/s1. The van der Waals surface area contributed by atoms with Gasteiger partial charge in [-0.2, -0.15) is 0 Å². The topological polar surface area (TPSA) is 72.6 Å². The summed E-state index contributed by atoms with van der Waals surface area (Å²) in [6.45, 7) is 2.76. The molecular formula is C15H19ClN2O3. The fourth-order valence-corrected chi connectivity index (χ4v) is 2.60. The van der Waals surface area contributed by atoms with E-state index in [2.05, 4.69) is 0 Å². The van der Waals surface area contributed by atoms with Crippen LogP contribution in [0, 0.1) is 5.92 Å². The van der Waals surface area contributed by atoms with E-state index in [1.807, 2.05) is 0 Å². The third-order valence-corrected chi connectivity index (χ3v) is 4.01. The molecule has 0 radical (unpaired) electrons. The summed E-state index contributed by atoms with van der Waals surface area (Å²) in [4.78, 5) is 25.2. The maximum Gasteiger partial charge on any atom is 0.263 e. The van der Waals surface area contributed by atoms with Crippen LogP contribution in [0.3, 0.4) is 0 Å². The number of amides is 2. The molecule has 6 heteroatoms. The molecule has 1 aromatic carbocycles. The van der Waals surface area contributed by atoms with Crippen molar-refractivity contribution in [1.82, 2.24) is 4.90 Å². The molecule has 5 nitrogen and oxygen atoms in total. The van der Waals surface area contributed by atoms with Crippen LogP contribution in [-0.4, -0.2) is 35.9 Å². The van der Waals surface area contributed by atoms with E-state index in [-0.39, 0.29) is 17.7 Å².